The van der Waals surface area contributed by atoms with Gasteiger partial charge in [0.2, 0.25) is 0 Å². The van der Waals surface area contributed by atoms with Crippen LogP contribution in [0, 0.1) is 5.92 Å². The molecule has 0 aliphatic rings. The first-order valence-electron chi connectivity index (χ1n) is 4.84. The van der Waals surface area contributed by atoms with Crippen molar-refractivity contribution in [3.8, 4) is 0 Å². The molecule has 0 fully saturated rings. The Bertz CT molecular complexity index is 161. The highest BCUT2D eigenvalue weighted by molar-refractivity contribution is 5.71. The van der Waals surface area contributed by atoms with Crippen molar-refractivity contribution >= 4 is 5.97 Å². The summed E-state index contributed by atoms with van der Waals surface area (Å²) in [4.78, 5) is 11.2. The molecule has 0 aliphatic heterocycles. The van der Waals surface area contributed by atoms with E-state index in [-0.39, 0.29) is 11.9 Å². The van der Waals surface area contributed by atoms with E-state index in [0.717, 1.165) is 17.4 Å². The van der Waals surface area contributed by atoms with Crippen molar-refractivity contribution in [2.75, 3.05) is 34.3 Å². The molecule has 0 aromatic rings. The molecule has 0 N–H and O–H groups in total. The number of nitrogens with zero attached hydrogens (tertiary/aromatic N) is 1. The zero-order valence-electron chi connectivity index (χ0n) is 9.46. The Morgan fingerprint density at radius 1 is 1.38 bits per heavy atom. The number of likely N-dealkylation sites (N-methyl/N-ethyl adjacent to an activating group) is 1. The molecule has 78 valence electrons. The molecule has 0 aliphatic carbocycles. The summed E-state index contributed by atoms with van der Waals surface area (Å²) in [5.74, 6) is -0.0385. The molecule has 0 aromatic heterocycles. The Labute approximate surface area is 81.3 Å². The monoisotopic (exact) mass is 188 g/mol. The second-order valence-corrected chi connectivity index (χ2v) is 4.49. The second kappa shape index (κ2) is 5.22. The Balaban J connectivity index is 3.60. The van der Waals surface area contributed by atoms with Crippen LogP contribution in [0.25, 0.3) is 0 Å². The molecule has 3 nitrogen and oxygen atoms in total. The van der Waals surface area contributed by atoms with Gasteiger partial charge in [0, 0.05) is 0 Å². The molecule has 13 heavy (non-hydrogen) atoms. The minimum absolute atomic E-state index is 0.0347. The first-order valence-corrected chi connectivity index (χ1v) is 4.84. The molecule has 0 saturated carbocycles. The van der Waals surface area contributed by atoms with E-state index in [1.165, 1.54) is 0 Å². The Morgan fingerprint density at radius 2 is 1.92 bits per heavy atom. The zero-order chi connectivity index (χ0) is 10.5. The summed E-state index contributed by atoms with van der Waals surface area (Å²) >= 11 is 0. The van der Waals surface area contributed by atoms with Gasteiger partial charge in [-0.15, -0.1) is 0 Å². The number of carbonyl (C=O) groups excluding carboxylic acids is 1. The van der Waals surface area contributed by atoms with Gasteiger partial charge in [-0.2, -0.15) is 0 Å². The van der Waals surface area contributed by atoms with E-state index in [9.17, 15) is 4.79 Å². The highest BCUT2D eigenvalue weighted by atomic mass is 16.5. The molecule has 0 heterocycles. The maximum atomic E-state index is 11.2. The van der Waals surface area contributed by atoms with Gasteiger partial charge in [-0.25, -0.2) is 0 Å². The third-order valence-electron chi connectivity index (χ3n) is 2.02. The van der Waals surface area contributed by atoms with Gasteiger partial charge >= 0.3 is 5.97 Å². The van der Waals surface area contributed by atoms with E-state index >= 15 is 0 Å². The van der Waals surface area contributed by atoms with Crippen molar-refractivity contribution < 1.29 is 14.0 Å². The summed E-state index contributed by atoms with van der Waals surface area (Å²) in [5, 5.41) is 0. The van der Waals surface area contributed by atoms with Crippen molar-refractivity contribution in [2.24, 2.45) is 5.92 Å². The highest BCUT2D eigenvalue weighted by Gasteiger charge is 2.13. The standard InChI is InChI=1S/C10H22NO2/c1-6-9(2)10(12)13-8-7-11(3,4)5/h9H,6-8H2,1-5H3/q+1. The Morgan fingerprint density at radius 3 is 2.31 bits per heavy atom. The van der Waals surface area contributed by atoms with E-state index in [2.05, 4.69) is 21.1 Å². The van der Waals surface area contributed by atoms with E-state index in [4.69, 9.17) is 4.74 Å². The lowest BCUT2D eigenvalue weighted by atomic mass is 10.1. The number of carbonyl (C=O) groups is 1. The molecular weight excluding hydrogens is 166 g/mol. The predicted molar refractivity (Wildman–Crippen MR) is 53.3 cm³/mol. The summed E-state index contributed by atoms with van der Waals surface area (Å²) in [5.41, 5.74) is 0. The SMILES string of the molecule is CCC(C)C(=O)OCC[N+](C)(C)C. The van der Waals surface area contributed by atoms with Gasteiger partial charge in [0.1, 0.15) is 13.2 Å². The van der Waals surface area contributed by atoms with Crippen molar-refractivity contribution in [1.82, 2.24) is 0 Å². The number of ether oxygens (including phenoxy) is 1. The van der Waals surface area contributed by atoms with E-state index in [1.807, 2.05) is 13.8 Å². The molecule has 3 heteroatoms. The molecule has 0 bridgehead atoms. The first kappa shape index (κ1) is 12.4. The number of esters is 1. The van der Waals surface area contributed by atoms with Gasteiger partial charge in [-0.1, -0.05) is 13.8 Å². The summed E-state index contributed by atoms with van der Waals surface area (Å²) in [6.45, 7) is 5.27. The average Bonchev–Trinajstić information content (AvgIpc) is 2.00. The predicted octanol–water partition coefficient (Wildman–Crippen LogP) is 1.28. The van der Waals surface area contributed by atoms with Gasteiger partial charge in [-0.3, -0.25) is 4.79 Å². The number of rotatable bonds is 5. The zero-order valence-corrected chi connectivity index (χ0v) is 9.46. The van der Waals surface area contributed by atoms with Gasteiger partial charge in [0.25, 0.3) is 0 Å². The van der Waals surface area contributed by atoms with Crippen LogP contribution < -0.4 is 0 Å². The van der Waals surface area contributed by atoms with Gasteiger partial charge < -0.3 is 9.22 Å². The van der Waals surface area contributed by atoms with Gasteiger partial charge in [0.05, 0.1) is 27.1 Å². The van der Waals surface area contributed by atoms with Crippen molar-refractivity contribution in [3.63, 3.8) is 0 Å². The van der Waals surface area contributed by atoms with Gasteiger partial charge in [-0.05, 0) is 6.42 Å². The molecular formula is C10H22NO2+. The second-order valence-electron chi connectivity index (χ2n) is 4.49. The summed E-state index contributed by atoms with van der Waals surface area (Å²) in [7, 11) is 6.24. The lowest BCUT2D eigenvalue weighted by Crippen LogP contribution is -2.38. The smallest absolute Gasteiger partial charge is 0.308 e. The lowest BCUT2D eigenvalue weighted by Gasteiger charge is -2.23. The number of hydrogen-bond donors (Lipinski definition) is 0. The van der Waals surface area contributed by atoms with Crippen molar-refractivity contribution in [2.45, 2.75) is 20.3 Å². The fraction of sp³-hybridized carbons (Fsp3) is 0.900. The number of quaternary nitrogens is 1. The third kappa shape index (κ3) is 6.58. The molecule has 0 aromatic carbocycles. The van der Waals surface area contributed by atoms with Crippen LogP contribution >= 0.6 is 0 Å². The van der Waals surface area contributed by atoms with Crippen LogP contribution in [-0.4, -0.2) is 44.7 Å². The van der Waals surface area contributed by atoms with E-state index in [0.29, 0.717) is 6.61 Å². The summed E-state index contributed by atoms with van der Waals surface area (Å²) < 4.78 is 5.94. The number of hydrogen-bond acceptors (Lipinski definition) is 2. The van der Waals surface area contributed by atoms with Crippen LogP contribution in [0.15, 0.2) is 0 Å². The molecule has 0 rings (SSSR count). The molecule has 1 atom stereocenters. The van der Waals surface area contributed by atoms with E-state index in [1.54, 1.807) is 0 Å². The lowest BCUT2D eigenvalue weighted by molar-refractivity contribution is -0.870. The van der Waals surface area contributed by atoms with Crippen LogP contribution in [0.1, 0.15) is 20.3 Å². The summed E-state index contributed by atoms with van der Waals surface area (Å²) in [6, 6.07) is 0. The van der Waals surface area contributed by atoms with E-state index < -0.39 is 0 Å². The third-order valence-corrected chi connectivity index (χ3v) is 2.02. The van der Waals surface area contributed by atoms with Crippen LogP contribution in [0.4, 0.5) is 0 Å². The molecule has 0 spiro atoms. The molecule has 0 amide bonds. The minimum atomic E-state index is -0.0732. The Hall–Kier alpha value is -0.570. The van der Waals surface area contributed by atoms with Crippen LogP contribution in [0.3, 0.4) is 0 Å². The molecule has 0 radical (unpaired) electrons. The maximum absolute atomic E-state index is 11.2. The maximum Gasteiger partial charge on any atom is 0.308 e. The van der Waals surface area contributed by atoms with Gasteiger partial charge in [0.15, 0.2) is 0 Å². The average molecular weight is 188 g/mol. The Kier molecular flexibility index (Phi) is 4.99. The van der Waals surface area contributed by atoms with Crippen molar-refractivity contribution in [1.29, 1.82) is 0 Å². The largest absolute Gasteiger partial charge is 0.459 e. The topological polar surface area (TPSA) is 26.3 Å². The minimum Gasteiger partial charge on any atom is -0.459 e. The highest BCUT2D eigenvalue weighted by Crippen LogP contribution is 2.03. The quantitative estimate of drug-likeness (QED) is 0.480. The molecule has 0 saturated heterocycles. The first-order chi connectivity index (χ1) is 5.87. The van der Waals surface area contributed by atoms with Crippen molar-refractivity contribution in [3.05, 3.63) is 0 Å². The summed E-state index contributed by atoms with van der Waals surface area (Å²) in [6.07, 6.45) is 0.850. The fourth-order valence-electron chi connectivity index (χ4n) is 0.729. The molecule has 1 unspecified atom stereocenters. The van der Waals surface area contributed by atoms with Crippen LogP contribution in [0.2, 0.25) is 0 Å². The van der Waals surface area contributed by atoms with Crippen LogP contribution in [-0.2, 0) is 9.53 Å². The normalized spacial score (nSPS) is 13.9. The van der Waals surface area contributed by atoms with Crippen LogP contribution in [0.5, 0.6) is 0 Å². The fourth-order valence-corrected chi connectivity index (χ4v) is 0.729.